The summed E-state index contributed by atoms with van der Waals surface area (Å²) in [5, 5.41) is 3.83. The van der Waals surface area contributed by atoms with Crippen LogP contribution in [0.4, 0.5) is 5.69 Å². The second kappa shape index (κ2) is 7.43. The summed E-state index contributed by atoms with van der Waals surface area (Å²) in [6, 6.07) is 10.5. The van der Waals surface area contributed by atoms with E-state index < -0.39 is 0 Å². The first-order valence-electron chi connectivity index (χ1n) is 11.1. The van der Waals surface area contributed by atoms with Gasteiger partial charge in [0.05, 0.1) is 24.0 Å². The van der Waals surface area contributed by atoms with Crippen molar-refractivity contribution in [2.24, 2.45) is 5.92 Å². The predicted molar refractivity (Wildman–Crippen MR) is 115 cm³/mol. The van der Waals surface area contributed by atoms with Crippen LogP contribution in [0.2, 0.25) is 0 Å². The maximum Gasteiger partial charge on any atom is 0.222 e. The van der Waals surface area contributed by atoms with Gasteiger partial charge in [0, 0.05) is 37.5 Å². The smallest absolute Gasteiger partial charge is 0.222 e. The van der Waals surface area contributed by atoms with Crippen LogP contribution in [-0.2, 0) is 10.3 Å². The highest BCUT2D eigenvalue weighted by atomic mass is 16.5. The van der Waals surface area contributed by atoms with E-state index in [0.717, 1.165) is 49.5 Å². The Hall–Kier alpha value is -2.43. The van der Waals surface area contributed by atoms with E-state index in [1.807, 2.05) is 6.07 Å². The van der Waals surface area contributed by atoms with Gasteiger partial charge in [-0.2, -0.15) is 0 Å². The molecule has 3 aliphatic rings. The number of hydrogen-bond acceptors (Lipinski definition) is 3. The molecule has 0 radical (unpaired) electrons. The highest BCUT2D eigenvalue weighted by Gasteiger charge is 2.42. The Morgan fingerprint density at radius 2 is 1.97 bits per heavy atom. The fourth-order valence-electron chi connectivity index (χ4n) is 5.54. The van der Waals surface area contributed by atoms with Gasteiger partial charge in [0.1, 0.15) is 5.75 Å². The van der Waals surface area contributed by atoms with Crippen LogP contribution in [0.3, 0.4) is 0 Å². The highest BCUT2D eigenvalue weighted by Crippen LogP contribution is 2.44. The Balaban J connectivity index is 1.33. The van der Waals surface area contributed by atoms with E-state index >= 15 is 0 Å². The summed E-state index contributed by atoms with van der Waals surface area (Å²) in [6.45, 7) is 1.64. The van der Waals surface area contributed by atoms with Gasteiger partial charge in [0.15, 0.2) is 0 Å². The van der Waals surface area contributed by atoms with Crippen LogP contribution >= 0.6 is 0 Å². The van der Waals surface area contributed by atoms with E-state index in [2.05, 4.69) is 45.2 Å². The van der Waals surface area contributed by atoms with Crippen LogP contribution in [-0.4, -0.2) is 35.6 Å². The zero-order valence-corrected chi connectivity index (χ0v) is 17.3. The molecule has 1 aromatic heterocycles. The molecule has 5 rings (SSSR count). The van der Waals surface area contributed by atoms with Gasteiger partial charge in [-0.05, 0) is 55.9 Å². The first kappa shape index (κ1) is 18.6. The molecule has 2 aromatic rings. The maximum atomic E-state index is 12.9. The minimum absolute atomic E-state index is 0.121. The van der Waals surface area contributed by atoms with Crippen molar-refractivity contribution in [3.8, 4) is 11.4 Å². The van der Waals surface area contributed by atoms with Crippen LogP contribution in [0.25, 0.3) is 5.69 Å². The summed E-state index contributed by atoms with van der Waals surface area (Å²) in [5.41, 5.74) is 3.45. The molecule has 2 aliphatic heterocycles. The number of carbonyl (C=O) groups is 1. The molecule has 5 nitrogen and oxygen atoms in total. The van der Waals surface area contributed by atoms with Gasteiger partial charge in [0.2, 0.25) is 5.91 Å². The van der Waals surface area contributed by atoms with E-state index in [1.165, 1.54) is 37.8 Å². The number of carbonyl (C=O) groups excluding carboxylic acids is 1. The Labute approximate surface area is 173 Å². The lowest BCUT2D eigenvalue weighted by Crippen LogP contribution is -2.51. The van der Waals surface area contributed by atoms with Crippen LogP contribution in [0.15, 0.2) is 36.5 Å². The number of rotatable bonds is 3. The minimum atomic E-state index is -0.121. The van der Waals surface area contributed by atoms with Gasteiger partial charge in [-0.3, -0.25) is 4.79 Å². The number of fused-ring (bicyclic) bond motifs is 4. The van der Waals surface area contributed by atoms with Gasteiger partial charge < -0.3 is 19.5 Å². The summed E-state index contributed by atoms with van der Waals surface area (Å²) < 4.78 is 7.74. The molecule has 1 amide bonds. The van der Waals surface area contributed by atoms with Crippen molar-refractivity contribution >= 4 is 11.6 Å². The van der Waals surface area contributed by atoms with Crippen molar-refractivity contribution in [2.45, 2.75) is 56.9 Å². The molecular weight excluding hydrogens is 362 g/mol. The summed E-state index contributed by atoms with van der Waals surface area (Å²) in [4.78, 5) is 15.0. The number of hydrogen-bond donors (Lipinski definition) is 1. The molecule has 2 fully saturated rings. The molecule has 0 unspecified atom stereocenters. The summed E-state index contributed by atoms with van der Waals surface area (Å²) >= 11 is 0. The van der Waals surface area contributed by atoms with Gasteiger partial charge in [0.25, 0.3) is 0 Å². The average molecular weight is 394 g/mol. The highest BCUT2D eigenvalue weighted by molar-refractivity contribution is 5.77. The Kier molecular flexibility index (Phi) is 4.76. The molecule has 1 aromatic carbocycles. The van der Waals surface area contributed by atoms with Crippen molar-refractivity contribution in [3.05, 3.63) is 42.2 Å². The number of amides is 1. The number of methoxy groups -OCH3 is 1. The largest absolute Gasteiger partial charge is 0.497 e. The molecule has 1 aliphatic carbocycles. The van der Waals surface area contributed by atoms with Crippen LogP contribution in [0.5, 0.6) is 5.75 Å². The molecule has 1 saturated carbocycles. The molecular formula is C24H31N3O2. The van der Waals surface area contributed by atoms with Gasteiger partial charge in [-0.1, -0.05) is 19.3 Å². The van der Waals surface area contributed by atoms with Crippen LogP contribution < -0.4 is 10.1 Å². The molecule has 29 heavy (non-hydrogen) atoms. The molecule has 3 heterocycles. The van der Waals surface area contributed by atoms with Crippen molar-refractivity contribution in [3.63, 3.8) is 0 Å². The fraction of sp³-hybridized carbons (Fsp3) is 0.542. The molecule has 0 atom stereocenters. The minimum Gasteiger partial charge on any atom is -0.497 e. The number of anilines is 1. The third-order valence-electron chi connectivity index (χ3n) is 7.23. The Morgan fingerprint density at radius 3 is 2.72 bits per heavy atom. The van der Waals surface area contributed by atoms with Gasteiger partial charge in [-0.25, -0.2) is 0 Å². The summed E-state index contributed by atoms with van der Waals surface area (Å²) in [6.07, 6.45) is 11.2. The number of piperidine rings is 1. The summed E-state index contributed by atoms with van der Waals surface area (Å²) in [7, 11) is 1.71. The third kappa shape index (κ3) is 3.30. The zero-order chi connectivity index (χ0) is 19.8. The molecule has 1 N–H and O–H groups in total. The lowest BCUT2D eigenvalue weighted by molar-refractivity contribution is -0.134. The first-order chi connectivity index (χ1) is 14.2. The van der Waals surface area contributed by atoms with Gasteiger partial charge >= 0.3 is 0 Å². The fourth-order valence-corrected chi connectivity index (χ4v) is 5.54. The average Bonchev–Trinajstić information content (AvgIpc) is 3.26. The normalized spacial score (nSPS) is 20.7. The second-order valence-corrected chi connectivity index (χ2v) is 8.94. The molecule has 5 heteroatoms. The number of ether oxygens (including phenoxy) is 1. The molecule has 154 valence electrons. The summed E-state index contributed by atoms with van der Waals surface area (Å²) in [5.74, 6) is 1.83. The van der Waals surface area contributed by atoms with Crippen LogP contribution in [0, 0.1) is 5.92 Å². The third-order valence-corrected chi connectivity index (χ3v) is 7.23. The molecule has 1 spiro atoms. The van der Waals surface area contributed by atoms with Crippen molar-refractivity contribution in [2.75, 3.05) is 25.5 Å². The molecule has 0 bridgehead atoms. The molecule has 1 saturated heterocycles. The monoisotopic (exact) mass is 393 g/mol. The van der Waals surface area contributed by atoms with E-state index in [-0.39, 0.29) is 5.54 Å². The zero-order valence-electron chi connectivity index (χ0n) is 17.3. The van der Waals surface area contributed by atoms with E-state index in [9.17, 15) is 4.79 Å². The number of aromatic nitrogens is 1. The van der Waals surface area contributed by atoms with E-state index in [4.69, 9.17) is 4.74 Å². The van der Waals surface area contributed by atoms with Crippen LogP contribution in [0.1, 0.15) is 57.1 Å². The number of likely N-dealkylation sites (tertiary alicyclic amines) is 1. The topological polar surface area (TPSA) is 46.5 Å². The van der Waals surface area contributed by atoms with Gasteiger partial charge in [-0.15, -0.1) is 0 Å². The standard InChI is InChI=1S/C24H31N3O2/c1-29-19-9-10-21-20(17-19)25-24(22-8-5-13-27(21)22)11-14-26(15-12-24)23(28)16-18-6-3-2-4-7-18/h5,8-10,13,17-18,25H,2-4,6-7,11-12,14-16H2,1H3. The first-order valence-corrected chi connectivity index (χ1v) is 11.1. The lowest BCUT2D eigenvalue weighted by atomic mass is 9.81. The predicted octanol–water partition coefficient (Wildman–Crippen LogP) is 4.70. The van der Waals surface area contributed by atoms with E-state index in [1.54, 1.807) is 7.11 Å². The lowest BCUT2D eigenvalue weighted by Gasteiger charge is -2.46. The van der Waals surface area contributed by atoms with Crippen molar-refractivity contribution < 1.29 is 9.53 Å². The Morgan fingerprint density at radius 1 is 1.17 bits per heavy atom. The quantitative estimate of drug-likeness (QED) is 0.822. The second-order valence-electron chi connectivity index (χ2n) is 8.94. The van der Waals surface area contributed by atoms with Crippen molar-refractivity contribution in [1.29, 1.82) is 0 Å². The number of nitrogens with one attached hydrogen (secondary N) is 1. The van der Waals surface area contributed by atoms with Crippen molar-refractivity contribution in [1.82, 2.24) is 9.47 Å². The Bertz CT molecular complexity index is 889. The van der Waals surface area contributed by atoms with E-state index in [0.29, 0.717) is 11.8 Å². The number of benzene rings is 1. The number of nitrogens with zero attached hydrogens (tertiary/aromatic N) is 2. The SMILES string of the molecule is COc1ccc2c(c1)NC1(CCN(C(=O)CC3CCCCC3)CC1)c1cccn1-2. The maximum absolute atomic E-state index is 12.9.